The van der Waals surface area contributed by atoms with Gasteiger partial charge in [0.1, 0.15) is 5.69 Å². The highest BCUT2D eigenvalue weighted by atomic mass is 16.5. The fourth-order valence-electron chi connectivity index (χ4n) is 1.59. The van der Waals surface area contributed by atoms with Crippen LogP contribution < -0.4 is 0 Å². The molecule has 19 heavy (non-hydrogen) atoms. The quantitative estimate of drug-likeness (QED) is 0.770. The third-order valence-corrected chi connectivity index (χ3v) is 2.66. The van der Waals surface area contributed by atoms with Gasteiger partial charge in [0, 0.05) is 18.1 Å². The topological polar surface area (TPSA) is 93.4 Å². The number of hydrogen-bond acceptors (Lipinski definition) is 6. The smallest absolute Gasteiger partial charge is 0.278 e. The molecule has 3 heterocycles. The molecule has 3 aromatic heterocycles. The molecule has 0 radical (unpaired) electrons. The first-order chi connectivity index (χ1) is 9.24. The first-order valence-corrected chi connectivity index (χ1v) is 5.90. The van der Waals surface area contributed by atoms with Gasteiger partial charge in [-0.3, -0.25) is 10.1 Å². The number of hydrogen-bond donors (Lipinski definition) is 1. The van der Waals surface area contributed by atoms with Crippen LogP contribution in [0.3, 0.4) is 0 Å². The molecule has 0 aliphatic heterocycles. The third-order valence-electron chi connectivity index (χ3n) is 2.66. The molecular weight excluding hydrogens is 244 g/mol. The second kappa shape index (κ2) is 4.60. The molecule has 96 valence electrons. The number of rotatable bonds is 3. The number of aromatic nitrogens is 6. The summed E-state index contributed by atoms with van der Waals surface area (Å²) in [4.78, 5) is 12.3. The Morgan fingerprint density at radius 2 is 2.11 bits per heavy atom. The van der Waals surface area contributed by atoms with E-state index in [1.54, 1.807) is 18.6 Å². The lowest BCUT2D eigenvalue weighted by atomic mass is 10.1. The predicted octanol–water partition coefficient (Wildman–Crippen LogP) is 2.04. The van der Waals surface area contributed by atoms with Gasteiger partial charge in [0.15, 0.2) is 5.69 Å². The average molecular weight is 256 g/mol. The summed E-state index contributed by atoms with van der Waals surface area (Å²) in [6.07, 6.45) is 4.75. The van der Waals surface area contributed by atoms with E-state index in [1.165, 1.54) is 0 Å². The number of aromatic amines is 1. The molecule has 0 saturated carbocycles. The van der Waals surface area contributed by atoms with Crippen molar-refractivity contribution in [3.05, 3.63) is 30.4 Å². The van der Waals surface area contributed by atoms with Gasteiger partial charge in [-0.2, -0.15) is 10.1 Å². The van der Waals surface area contributed by atoms with Crippen LogP contribution in [0, 0.1) is 0 Å². The zero-order valence-electron chi connectivity index (χ0n) is 10.5. The molecule has 0 spiro atoms. The molecule has 0 aliphatic rings. The molecule has 7 heteroatoms. The number of H-pyrrole nitrogens is 1. The summed E-state index contributed by atoms with van der Waals surface area (Å²) in [5.74, 6) is 1.13. The summed E-state index contributed by atoms with van der Waals surface area (Å²) in [5.41, 5.74) is 2.22. The van der Waals surface area contributed by atoms with Crippen LogP contribution in [-0.4, -0.2) is 30.3 Å². The molecule has 0 fully saturated rings. The van der Waals surface area contributed by atoms with Gasteiger partial charge >= 0.3 is 0 Å². The van der Waals surface area contributed by atoms with E-state index >= 15 is 0 Å². The lowest BCUT2D eigenvalue weighted by Gasteiger charge is -1.95. The Balaban J connectivity index is 1.92. The van der Waals surface area contributed by atoms with Gasteiger partial charge in [0.2, 0.25) is 5.82 Å². The minimum absolute atomic E-state index is 0.364. The first-order valence-electron chi connectivity index (χ1n) is 5.90. The second-order valence-electron chi connectivity index (χ2n) is 4.38. The third kappa shape index (κ3) is 2.22. The molecule has 0 saturated heterocycles. The molecular formula is C12H12N6O. The first kappa shape index (κ1) is 11.5. The second-order valence-corrected chi connectivity index (χ2v) is 4.38. The number of nitrogens with zero attached hydrogens (tertiary/aromatic N) is 5. The van der Waals surface area contributed by atoms with Crippen molar-refractivity contribution in [3.8, 4) is 23.1 Å². The minimum atomic E-state index is 0.364. The van der Waals surface area contributed by atoms with Crippen LogP contribution in [0.5, 0.6) is 0 Å². The summed E-state index contributed by atoms with van der Waals surface area (Å²) >= 11 is 0. The highest BCUT2D eigenvalue weighted by Crippen LogP contribution is 2.21. The van der Waals surface area contributed by atoms with E-state index in [9.17, 15) is 0 Å². The van der Waals surface area contributed by atoms with Gasteiger partial charge < -0.3 is 4.52 Å². The fraction of sp³-hybridized carbons (Fsp3) is 0.250. The van der Waals surface area contributed by atoms with Crippen molar-refractivity contribution in [2.75, 3.05) is 0 Å². The SMILES string of the molecule is CC(C)c1cc(-c2nc(-c3cnccn3)no2)n[nH]1. The van der Waals surface area contributed by atoms with Crippen molar-refractivity contribution in [2.45, 2.75) is 19.8 Å². The highest BCUT2D eigenvalue weighted by Gasteiger charge is 2.15. The summed E-state index contributed by atoms with van der Waals surface area (Å²) in [6, 6.07) is 1.90. The van der Waals surface area contributed by atoms with Crippen molar-refractivity contribution < 1.29 is 4.52 Å². The van der Waals surface area contributed by atoms with E-state index < -0.39 is 0 Å². The molecule has 0 aromatic carbocycles. The number of nitrogens with one attached hydrogen (secondary N) is 1. The van der Waals surface area contributed by atoms with Gasteiger partial charge in [-0.15, -0.1) is 0 Å². The lowest BCUT2D eigenvalue weighted by molar-refractivity contribution is 0.430. The Morgan fingerprint density at radius 3 is 2.79 bits per heavy atom. The zero-order chi connectivity index (χ0) is 13.2. The van der Waals surface area contributed by atoms with E-state index in [4.69, 9.17) is 4.52 Å². The van der Waals surface area contributed by atoms with Crippen molar-refractivity contribution in [3.63, 3.8) is 0 Å². The largest absolute Gasteiger partial charge is 0.332 e. The lowest BCUT2D eigenvalue weighted by Crippen LogP contribution is -1.86. The minimum Gasteiger partial charge on any atom is -0.332 e. The summed E-state index contributed by atoms with van der Waals surface area (Å²) in [5, 5.41) is 11.0. The highest BCUT2D eigenvalue weighted by molar-refractivity contribution is 5.53. The molecule has 0 unspecified atom stereocenters. The van der Waals surface area contributed by atoms with Crippen LogP contribution in [0.1, 0.15) is 25.5 Å². The Kier molecular flexibility index (Phi) is 2.79. The molecule has 0 bridgehead atoms. The van der Waals surface area contributed by atoms with E-state index in [0.29, 0.717) is 29.0 Å². The Hall–Kier alpha value is -2.57. The fourth-order valence-corrected chi connectivity index (χ4v) is 1.59. The van der Waals surface area contributed by atoms with Gasteiger partial charge in [-0.1, -0.05) is 19.0 Å². The van der Waals surface area contributed by atoms with E-state index in [0.717, 1.165) is 5.69 Å². The van der Waals surface area contributed by atoms with Gasteiger partial charge in [-0.05, 0) is 12.0 Å². The predicted molar refractivity (Wildman–Crippen MR) is 67.0 cm³/mol. The average Bonchev–Trinajstić information content (AvgIpc) is 3.09. The van der Waals surface area contributed by atoms with Crippen LogP contribution in [-0.2, 0) is 0 Å². The Labute approximate surface area is 109 Å². The molecule has 3 aromatic rings. The standard InChI is InChI=1S/C12H12N6O/c1-7(2)8-5-9(17-16-8)12-15-11(18-19-12)10-6-13-3-4-14-10/h3-7H,1-2H3,(H,16,17). The molecule has 0 amide bonds. The summed E-state index contributed by atoms with van der Waals surface area (Å²) < 4.78 is 5.19. The van der Waals surface area contributed by atoms with E-state index in [1.807, 2.05) is 6.07 Å². The molecule has 0 aliphatic carbocycles. The maximum absolute atomic E-state index is 5.19. The van der Waals surface area contributed by atoms with Crippen molar-refractivity contribution in [1.82, 2.24) is 30.3 Å². The van der Waals surface area contributed by atoms with Crippen LogP contribution in [0.4, 0.5) is 0 Å². The van der Waals surface area contributed by atoms with Gasteiger partial charge in [0.25, 0.3) is 5.89 Å². The van der Waals surface area contributed by atoms with Crippen LogP contribution in [0.15, 0.2) is 29.2 Å². The monoisotopic (exact) mass is 256 g/mol. The van der Waals surface area contributed by atoms with Crippen LogP contribution >= 0.6 is 0 Å². The summed E-state index contributed by atoms with van der Waals surface area (Å²) in [6.45, 7) is 4.16. The van der Waals surface area contributed by atoms with E-state index in [2.05, 4.69) is 44.2 Å². The molecule has 0 atom stereocenters. The molecule has 1 N–H and O–H groups in total. The van der Waals surface area contributed by atoms with Crippen molar-refractivity contribution in [1.29, 1.82) is 0 Å². The van der Waals surface area contributed by atoms with Gasteiger partial charge in [0.05, 0.1) is 6.20 Å². The van der Waals surface area contributed by atoms with Gasteiger partial charge in [-0.25, -0.2) is 4.98 Å². The van der Waals surface area contributed by atoms with Crippen molar-refractivity contribution in [2.24, 2.45) is 0 Å². The maximum Gasteiger partial charge on any atom is 0.278 e. The van der Waals surface area contributed by atoms with Crippen LogP contribution in [0.2, 0.25) is 0 Å². The Bertz CT molecular complexity index is 672. The van der Waals surface area contributed by atoms with Crippen molar-refractivity contribution >= 4 is 0 Å². The van der Waals surface area contributed by atoms with Crippen LogP contribution in [0.25, 0.3) is 23.1 Å². The summed E-state index contributed by atoms with van der Waals surface area (Å²) in [7, 11) is 0. The molecule has 7 nitrogen and oxygen atoms in total. The normalized spacial score (nSPS) is 11.1. The maximum atomic E-state index is 5.19. The Morgan fingerprint density at radius 1 is 1.21 bits per heavy atom. The zero-order valence-corrected chi connectivity index (χ0v) is 10.5. The molecule has 3 rings (SSSR count). The van der Waals surface area contributed by atoms with E-state index in [-0.39, 0.29) is 0 Å².